The Morgan fingerprint density at radius 2 is 0.358 bits per heavy atom. The smallest absolute Gasteiger partial charge is 0.115 e. The van der Waals surface area contributed by atoms with Gasteiger partial charge in [-0.15, -0.1) is 0 Å². The van der Waals surface area contributed by atoms with Crippen molar-refractivity contribution in [3.63, 3.8) is 0 Å². The van der Waals surface area contributed by atoms with Gasteiger partial charge in [-0.25, -0.2) is 0 Å². The molecule has 16 rings (SSSR count). The summed E-state index contributed by atoms with van der Waals surface area (Å²) in [6.45, 7) is 0. The summed E-state index contributed by atoms with van der Waals surface area (Å²) in [7, 11) is 0. The third-order valence-electron chi connectivity index (χ3n) is 18.1. The van der Waals surface area contributed by atoms with Gasteiger partial charge < -0.3 is 20.4 Å². The third-order valence-corrected chi connectivity index (χ3v) is 18.1. The lowest BCUT2D eigenvalue weighted by Crippen LogP contribution is -2.31. The number of fused-ring (bicyclic) bond motifs is 12. The second-order valence-corrected chi connectivity index (χ2v) is 22.6. The average molecular weight is 1040 g/mol. The molecular weight excluding hydrogens is 989 g/mol. The van der Waals surface area contributed by atoms with Crippen molar-refractivity contribution in [3.8, 4) is 112 Å². The molecule has 12 aromatic rings. The van der Waals surface area contributed by atoms with Gasteiger partial charge in [-0.05, 0) is 230 Å². The standard InChI is InChI=1S/C77H52O4/c78-65-21-29-73-57(41-65)37-53-33-49(9-25-69(53)73)45-1-13-61(14-2-45)77(62-15-3-46(4-16-62)50-10-26-70-54(34-50)38-58-42-66(79)22-30-74(58)70,63-17-5-47(6-18-63)51-11-27-71-55(35-51)39-59-43-67(80)23-31-75(59)71)64-19-7-48(8-20-64)52-12-28-72-56(36-52)40-60-44-68(81)24-32-76(60)72/h1-36,41-44,78-81H,37-40H2. The second-order valence-electron chi connectivity index (χ2n) is 22.6. The van der Waals surface area contributed by atoms with E-state index in [0.717, 1.165) is 115 Å². The van der Waals surface area contributed by atoms with E-state index in [9.17, 15) is 20.4 Å². The number of phenolic OH excluding ortho intramolecular Hbond substituents is 4. The number of hydrogen-bond donors (Lipinski definition) is 4. The Morgan fingerprint density at radius 1 is 0.185 bits per heavy atom. The largest absolute Gasteiger partial charge is 0.508 e. The molecule has 0 amide bonds. The summed E-state index contributed by atoms with van der Waals surface area (Å²) in [5, 5.41) is 41.3. The Morgan fingerprint density at radius 3 is 0.568 bits per heavy atom. The first-order chi connectivity index (χ1) is 39.7. The highest BCUT2D eigenvalue weighted by Gasteiger charge is 2.39. The molecule has 0 atom stereocenters. The predicted octanol–water partition coefficient (Wildman–Crippen LogP) is 17.8. The maximum atomic E-state index is 10.3. The van der Waals surface area contributed by atoms with Crippen LogP contribution in [0.15, 0.2) is 243 Å². The number of benzene rings is 12. The number of hydrogen-bond acceptors (Lipinski definition) is 4. The molecular formula is C77H52O4. The molecule has 4 nitrogen and oxygen atoms in total. The predicted molar refractivity (Wildman–Crippen MR) is 326 cm³/mol. The van der Waals surface area contributed by atoms with Crippen LogP contribution in [0, 0.1) is 0 Å². The molecule has 4 aliphatic rings. The fourth-order valence-electron chi connectivity index (χ4n) is 14.2. The molecule has 0 heterocycles. The van der Waals surface area contributed by atoms with Gasteiger partial charge in [0.05, 0.1) is 5.41 Å². The number of phenols is 4. The van der Waals surface area contributed by atoms with E-state index in [0.29, 0.717) is 23.0 Å². The molecule has 0 saturated heterocycles. The molecule has 0 bridgehead atoms. The van der Waals surface area contributed by atoms with E-state index >= 15 is 0 Å². The lowest BCUT2D eigenvalue weighted by atomic mass is 9.64. The fraction of sp³-hybridized carbons (Fsp3) is 0.0649. The molecule has 12 aromatic carbocycles. The van der Waals surface area contributed by atoms with Crippen molar-refractivity contribution in [2.24, 2.45) is 0 Å². The van der Waals surface area contributed by atoms with Gasteiger partial charge in [0.15, 0.2) is 0 Å². The summed E-state index contributed by atoms with van der Waals surface area (Å²) in [6, 6.07) is 86.8. The molecule has 4 heteroatoms. The van der Waals surface area contributed by atoms with E-state index in [-0.39, 0.29) is 0 Å². The van der Waals surface area contributed by atoms with Crippen molar-refractivity contribution in [2.75, 3.05) is 0 Å². The molecule has 0 aromatic heterocycles. The molecule has 81 heavy (non-hydrogen) atoms. The van der Waals surface area contributed by atoms with Crippen molar-refractivity contribution in [3.05, 3.63) is 309 Å². The Hall–Kier alpha value is -10.2. The first-order valence-corrected chi connectivity index (χ1v) is 27.9. The van der Waals surface area contributed by atoms with Crippen LogP contribution >= 0.6 is 0 Å². The highest BCUT2D eigenvalue weighted by Crippen LogP contribution is 2.50. The van der Waals surface area contributed by atoms with Gasteiger partial charge in [-0.1, -0.05) is 194 Å². The zero-order chi connectivity index (χ0) is 54.1. The number of rotatable bonds is 8. The molecule has 0 fully saturated rings. The Labute approximate surface area is 470 Å². The normalized spacial score (nSPS) is 12.9. The summed E-state index contributed by atoms with van der Waals surface area (Å²) in [5.41, 5.74) is 32.2. The van der Waals surface area contributed by atoms with Crippen LogP contribution in [0.4, 0.5) is 0 Å². The van der Waals surface area contributed by atoms with E-state index in [1.165, 1.54) is 66.8 Å². The maximum Gasteiger partial charge on any atom is 0.115 e. The summed E-state index contributed by atoms with van der Waals surface area (Å²) in [4.78, 5) is 0. The third kappa shape index (κ3) is 7.59. The van der Waals surface area contributed by atoms with Gasteiger partial charge in [-0.3, -0.25) is 0 Å². The van der Waals surface area contributed by atoms with Crippen LogP contribution in [0.25, 0.3) is 89.0 Å². The molecule has 4 aliphatic carbocycles. The van der Waals surface area contributed by atoms with E-state index in [1.54, 1.807) is 24.3 Å². The van der Waals surface area contributed by atoms with E-state index in [1.807, 2.05) is 48.5 Å². The van der Waals surface area contributed by atoms with Crippen molar-refractivity contribution < 1.29 is 20.4 Å². The van der Waals surface area contributed by atoms with Gasteiger partial charge in [0.2, 0.25) is 0 Å². The van der Waals surface area contributed by atoms with Crippen LogP contribution in [0.3, 0.4) is 0 Å². The van der Waals surface area contributed by atoms with Crippen LogP contribution < -0.4 is 0 Å². The topological polar surface area (TPSA) is 80.9 Å². The van der Waals surface area contributed by atoms with Crippen LogP contribution in [-0.2, 0) is 31.1 Å². The second kappa shape index (κ2) is 17.9. The van der Waals surface area contributed by atoms with Crippen LogP contribution in [0.2, 0.25) is 0 Å². The zero-order valence-electron chi connectivity index (χ0n) is 44.2. The summed E-state index contributed by atoms with van der Waals surface area (Å²) >= 11 is 0. The zero-order valence-corrected chi connectivity index (χ0v) is 44.2. The minimum Gasteiger partial charge on any atom is -0.508 e. The molecule has 384 valence electrons. The molecule has 0 saturated carbocycles. The molecule has 0 spiro atoms. The Balaban J connectivity index is 0.833. The SMILES string of the molecule is Oc1ccc2c(c1)Cc1cc(-c3ccc(C(c4ccc(-c5ccc6c(c5)Cc5cc(O)ccc5-6)cc4)(c4ccc(-c5ccc6c(c5)Cc5cc(O)ccc5-6)cc4)c4ccc(-c5ccc6c(c5)Cc5cc(O)ccc5-6)cc4)cc3)ccc1-2. The van der Waals surface area contributed by atoms with Crippen molar-refractivity contribution in [1.82, 2.24) is 0 Å². The molecule has 0 unspecified atom stereocenters. The van der Waals surface area contributed by atoms with Gasteiger partial charge >= 0.3 is 0 Å². The van der Waals surface area contributed by atoms with Gasteiger partial charge in [-0.2, -0.15) is 0 Å². The monoisotopic (exact) mass is 1040 g/mol. The van der Waals surface area contributed by atoms with Gasteiger partial charge in [0, 0.05) is 0 Å². The van der Waals surface area contributed by atoms with Crippen molar-refractivity contribution in [1.29, 1.82) is 0 Å². The minimum absolute atomic E-state index is 0.297. The first kappa shape index (κ1) is 46.9. The highest BCUT2D eigenvalue weighted by molar-refractivity contribution is 5.85. The van der Waals surface area contributed by atoms with Gasteiger partial charge in [0.1, 0.15) is 23.0 Å². The van der Waals surface area contributed by atoms with Crippen molar-refractivity contribution >= 4 is 0 Å². The van der Waals surface area contributed by atoms with Crippen LogP contribution in [0.5, 0.6) is 23.0 Å². The number of aromatic hydroxyl groups is 4. The lowest BCUT2D eigenvalue weighted by molar-refractivity contribution is 0.474. The van der Waals surface area contributed by atoms with Crippen LogP contribution in [0.1, 0.15) is 66.8 Å². The summed E-state index contributed by atoms with van der Waals surface area (Å²) in [5.74, 6) is 1.19. The van der Waals surface area contributed by atoms with Crippen molar-refractivity contribution in [2.45, 2.75) is 31.1 Å². The maximum absolute atomic E-state index is 10.3. The minimum atomic E-state index is -0.777. The average Bonchev–Trinajstić information content (AvgIpc) is 4.35. The van der Waals surface area contributed by atoms with E-state index in [2.05, 4.69) is 170 Å². The van der Waals surface area contributed by atoms with Crippen LogP contribution in [-0.4, -0.2) is 20.4 Å². The van der Waals surface area contributed by atoms with E-state index in [4.69, 9.17) is 0 Å². The lowest BCUT2D eigenvalue weighted by Gasteiger charge is -2.37. The van der Waals surface area contributed by atoms with Gasteiger partial charge in [0.25, 0.3) is 0 Å². The quantitative estimate of drug-likeness (QED) is 0.114. The summed E-state index contributed by atoms with van der Waals surface area (Å²) < 4.78 is 0. The molecule has 4 N–H and O–H groups in total. The highest BCUT2D eigenvalue weighted by atomic mass is 16.3. The Kier molecular flexibility index (Phi) is 10.4. The first-order valence-electron chi connectivity index (χ1n) is 27.9. The Bertz CT molecular complexity index is 3990. The molecule has 0 radical (unpaired) electrons. The molecule has 0 aliphatic heterocycles. The summed E-state index contributed by atoms with van der Waals surface area (Å²) in [6.07, 6.45) is 3.14. The van der Waals surface area contributed by atoms with E-state index < -0.39 is 5.41 Å². The fourth-order valence-corrected chi connectivity index (χ4v) is 14.2.